The summed E-state index contributed by atoms with van der Waals surface area (Å²) in [4.78, 5) is 24.5. The van der Waals surface area contributed by atoms with Crippen LogP contribution in [0.25, 0.3) is 0 Å². The molecule has 0 bridgehead atoms. The van der Waals surface area contributed by atoms with Crippen LogP contribution in [0.5, 0.6) is 0 Å². The Hall–Kier alpha value is -1.92. The number of carbonyl (C=O) groups is 2. The van der Waals surface area contributed by atoms with Gasteiger partial charge in [-0.2, -0.15) is 0 Å². The normalized spacial score (nSPS) is 10.4. The van der Waals surface area contributed by atoms with Crippen molar-refractivity contribution >= 4 is 11.9 Å². The smallest absolute Gasteiger partial charge is 0.305 e. The van der Waals surface area contributed by atoms with Crippen molar-refractivity contribution in [3.05, 3.63) is 35.4 Å². The number of aliphatic hydroxyl groups excluding tert-OH is 1. The van der Waals surface area contributed by atoms with E-state index in [1.54, 1.807) is 12.1 Å². The van der Waals surface area contributed by atoms with Crippen LogP contribution in [0.15, 0.2) is 24.3 Å². The van der Waals surface area contributed by atoms with E-state index in [0.717, 1.165) is 5.56 Å². The number of carboxylic acid groups (broad SMARTS) is 1. The van der Waals surface area contributed by atoms with Crippen molar-refractivity contribution in [3.63, 3.8) is 0 Å². The van der Waals surface area contributed by atoms with Crippen molar-refractivity contribution < 1.29 is 24.5 Å². The van der Waals surface area contributed by atoms with Gasteiger partial charge < -0.3 is 19.8 Å². The molecule has 0 saturated carbocycles. The van der Waals surface area contributed by atoms with Gasteiger partial charge >= 0.3 is 5.97 Å². The van der Waals surface area contributed by atoms with Crippen LogP contribution < -0.4 is 0 Å². The van der Waals surface area contributed by atoms with Crippen molar-refractivity contribution in [3.8, 4) is 0 Å². The second-order valence-electron chi connectivity index (χ2n) is 4.64. The third-order valence-corrected chi connectivity index (χ3v) is 2.92. The lowest BCUT2D eigenvalue weighted by Crippen LogP contribution is -2.36. The van der Waals surface area contributed by atoms with E-state index >= 15 is 0 Å². The minimum absolute atomic E-state index is 0.0823. The molecular weight excluding hydrogens is 274 g/mol. The highest BCUT2D eigenvalue weighted by atomic mass is 16.5. The number of hydrogen-bond acceptors (Lipinski definition) is 4. The molecule has 0 aliphatic carbocycles. The second-order valence-corrected chi connectivity index (χ2v) is 4.64. The molecule has 0 unspecified atom stereocenters. The lowest BCUT2D eigenvalue weighted by molar-refractivity contribution is -0.137. The van der Waals surface area contributed by atoms with Gasteiger partial charge in [0.15, 0.2) is 0 Å². The average Bonchev–Trinajstić information content (AvgIpc) is 2.46. The predicted octanol–water partition coefficient (Wildman–Crippen LogP) is 0.921. The van der Waals surface area contributed by atoms with Crippen molar-refractivity contribution in [2.75, 3.05) is 32.9 Å². The molecule has 6 nitrogen and oxygen atoms in total. The Balaban J connectivity index is 2.66. The van der Waals surface area contributed by atoms with E-state index in [9.17, 15) is 9.59 Å². The molecule has 0 atom stereocenters. The zero-order valence-corrected chi connectivity index (χ0v) is 12.1. The summed E-state index contributed by atoms with van der Waals surface area (Å²) in [5.41, 5.74) is 1.57. The Morgan fingerprint density at radius 3 is 2.38 bits per heavy atom. The number of aliphatic hydroxyl groups is 1. The number of aliphatic carboxylic acids is 1. The highest BCUT2D eigenvalue weighted by Crippen LogP contribution is 2.08. The highest BCUT2D eigenvalue weighted by molar-refractivity contribution is 5.94. The van der Waals surface area contributed by atoms with E-state index in [4.69, 9.17) is 14.9 Å². The van der Waals surface area contributed by atoms with Crippen molar-refractivity contribution in [1.29, 1.82) is 0 Å². The maximum absolute atomic E-state index is 12.4. The van der Waals surface area contributed by atoms with Gasteiger partial charge in [0.25, 0.3) is 5.91 Å². The summed E-state index contributed by atoms with van der Waals surface area (Å²) in [6, 6.07) is 7.12. The lowest BCUT2D eigenvalue weighted by atomic mass is 10.1. The van der Waals surface area contributed by atoms with Crippen LogP contribution in [0, 0.1) is 6.92 Å². The Bertz CT molecular complexity index is 458. The maximum Gasteiger partial charge on any atom is 0.305 e. The molecule has 1 aromatic rings. The fraction of sp³-hybridized carbons (Fsp3) is 0.467. The zero-order chi connectivity index (χ0) is 15.7. The van der Waals surface area contributed by atoms with Gasteiger partial charge in [-0.15, -0.1) is 0 Å². The van der Waals surface area contributed by atoms with E-state index in [-0.39, 0.29) is 38.7 Å². The molecule has 1 aromatic carbocycles. The summed E-state index contributed by atoms with van der Waals surface area (Å²) < 4.78 is 5.13. The van der Waals surface area contributed by atoms with Crippen molar-refractivity contribution in [2.45, 2.75) is 13.3 Å². The third-order valence-electron chi connectivity index (χ3n) is 2.92. The number of amides is 1. The number of benzene rings is 1. The van der Waals surface area contributed by atoms with E-state index in [1.807, 2.05) is 19.1 Å². The number of hydrogen-bond donors (Lipinski definition) is 2. The molecule has 0 aromatic heterocycles. The molecule has 0 saturated heterocycles. The summed E-state index contributed by atoms with van der Waals surface area (Å²) in [5, 5.41) is 17.4. The SMILES string of the molecule is Cc1ccc(C(=O)N(CCOCCO)CCC(=O)O)cc1. The molecule has 0 heterocycles. The standard InChI is InChI=1S/C15H21NO5/c1-12-2-4-13(5-3-12)15(20)16(7-6-14(18)19)8-10-21-11-9-17/h2-5,17H,6-11H2,1H3,(H,18,19). The average molecular weight is 295 g/mol. The second kappa shape index (κ2) is 9.10. The highest BCUT2D eigenvalue weighted by Gasteiger charge is 2.16. The van der Waals surface area contributed by atoms with Gasteiger partial charge in [0, 0.05) is 18.7 Å². The van der Waals surface area contributed by atoms with Gasteiger partial charge in [-0.1, -0.05) is 17.7 Å². The summed E-state index contributed by atoms with van der Waals surface area (Å²) in [6.07, 6.45) is -0.113. The Kier molecular flexibility index (Phi) is 7.42. The Labute approximate surface area is 124 Å². The van der Waals surface area contributed by atoms with Gasteiger partial charge in [-0.25, -0.2) is 0 Å². The van der Waals surface area contributed by atoms with Crippen LogP contribution in [0.4, 0.5) is 0 Å². The molecule has 0 fully saturated rings. The maximum atomic E-state index is 12.4. The summed E-state index contributed by atoms with van der Waals surface area (Å²) in [6.45, 7) is 2.73. The zero-order valence-electron chi connectivity index (χ0n) is 12.1. The van der Waals surface area contributed by atoms with Gasteiger partial charge in [0.05, 0.1) is 26.2 Å². The first-order chi connectivity index (χ1) is 10.0. The number of nitrogens with zero attached hydrogens (tertiary/aromatic N) is 1. The van der Waals surface area contributed by atoms with Crippen LogP contribution in [0.1, 0.15) is 22.3 Å². The largest absolute Gasteiger partial charge is 0.481 e. The molecule has 0 spiro atoms. The molecule has 6 heteroatoms. The van der Waals surface area contributed by atoms with Gasteiger partial charge in [-0.3, -0.25) is 9.59 Å². The molecular formula is C15H21NO5. The fourth-order valence-electron chi connectivity index (χ4n) is 1.77. The van der Waals surface area contributed by atoms with Crippen LogP contribution in [0.3, 0.4) is 0 Å². The minimum atomic E-state index is -0.951. The van der Waals surface area contributed by atoms with Gasteiger partial charge in [0.1, 0.15) is 0 Å². The Morgan fingerprint density at radius 1 is 1.14 bits per heavy atom. The summed E-state index contributed by atoms with van der Waals surface area (Å²) in [5.74, 6) is -1.17. The summed E-state index contributed by atoms with van der Waals surface area (Å²) >= 11 is 0. The lowest BCUT2D eigenvalue weighted by Gasteiger charge is -2.22. The minimum Gasteiger partial charge on any atom is -0.481 e. The van der Waals surface area contributed by atoms with Crippen LogP contribution in [0.2, 0.25) is 0 Å². The molecule has 0 aliphatic rings. The fourth-order valence-corrected chi connectivity index (χ4v) is 1.77. The van der Waals surface area contributed by atoms with Gasteiger partial charge in [0.2, 0.25) is 0 Å². The number of rotatable bonds is 9. The first kappa shape index (κ1) is 17.1. The Morgan fingerprint density at radius 2 is 1.81 bits per heavy atom. The third kappa shape index (κ3) is 6.37. The topological polar surface area (TPSA) is 87.1 Å². The molecule has 1 amide bonds. The number of aryl methyl sites for hydroxylation is 1. The molecule has 1 rings (SSSR count). The number of carboxylic acids is 1. The molecule has 116 valence electrons. The van der Waals surface area contributed by atoms with Crippen LogP contribution in [-0.4, -0.2) is 59.9 Å². The first-order valence-electron chi connectivity index (χ1n) is 6.81. The van der Waals surface area contributed by atoms with E-state index in [0.29, 0.717) is 12.1 Å². The summed E-state index contributed by atoms with van der Waals surface area (Å²) in [7, 11) is 0. The molecule has 2 N–H and O–H groups in total. The van der Waals surface area contributed by atoms with Crippen molar-refractivity contribution in [1.82, 2.24) is 4.90 Å². The van der Waals surface area contributed by atoms with Crippen LogP contribution >= 0.6 is 0 Å². The van der Waals surface area contributed by atoms with Crippen LogP contribution in [-0.2, 0) is 9.53 Å². The van der Waals surface area contributed by atoms with Gasteiger partial charge in [-0.05, 0) is 19.1 Å². The van der Waals surface area contributed by atoms with E-state index in [1.165, 1.54) is 4.90 Å². The predicted molar refractivity (Wildman–Crippen MR) is 77.2 cm³/mol. The number of ether oxygens (including phenoxy) is 1. The first-order valence-corrected chi connectivity index (χ1v) is 6.81. The quantitative estimate of drug-likeness (QED) is 0.662. The van der Waals surface area contributed by atoms with E-state index < -0.39 is 5.97 Å². The molecule has 0 aliphatic heterocycles. The van der Waals surface area contributed by atoms with Crippen molar-refractivity contribution in [2.24, 2.45) is 0 Å². The number of carbonyl (C=O) groups excluding carboxylic acids is 1. The monoisotopic (exact) mass is 295 g/mol. The van der Waals surface area contributed by atoms with E-state index in [2.05, 4.69) is 0 Å². The molecule has 0 radical (unpaired) electrons. The molecule has 21 heavy (non-hydrogen) atoms.